The van der Waals surface area contributed by atoms with Gasteiger partial charge in [0, 0.05) is 24.4 Å². The van der Waals surface area contributed by atoms with E-state index < -0.39 is 0 Å². The van der Waals surface area contributed by atoms with Crippen LogP contribution in [0.1, 0.15) is 52.9 Å². The monoisotopic (exact) mass is 223 g/mol. The second-order valence-corrected chi connectivity index (χ2v) is 5.11. The Hall–Kier alpha value is -0.790. The van der Waals surface area contributed by atoms with Crippen LogP contribution in [0.4, 0.5) is 0 Å². The molecule has 0 aromatic rings. The van der Waals surface area contributed by atoms with E-state index in [0.29, 0.717) is 0 Å². The van der Waals surface area contributed by atoms with Gasteiger partial charge in [-0.3, -0.25) is 4.79 Å². The third-order valence-electron chi connectivity index (χ3n) is 3.23. The number of carbonyl (C=O) groups is 1. The van der Waals surface area contributed by atoms with Crippen LogP contribution in [0.5, 0.6) is 0 Å². The average Bonchev–Trinajstić information content (AvgIpc) is 2.27. The van der Waals surface area contributed by atoms with Crippen molar-refractivity contribution in [3.63, 3.8) is 0 Å². The molecule has 1 aliphatic rings. The largest absolute Gasteiger partial charge is 0.374 e. The lowest BCUT2D eigenvalue weighted by Gasteiger charge is -2.33. The van der Waals surface area contributed by atoms with Crippen molar-refractivity contribution in [2.45, 2.75) is 52.9 Å². The quantitative estimate of drug-likeness (QED) is 0.643. The molecule has 0 saturated carbocycles. The molecular formula is C14H25NO. The summed E-state index contributed by atoms with van der Waals surface area (Å²) in [6.07, 6.45) is 6.61. The van der Waals surface area contributed by atoms with Crippen molar-refractivity contribution < 1.29 is 4.79 Å². The van der Waals surface area contributed by atoms with Crippen LogP contribution < -0.4 is 0 Å². The van der Waals surface area contributed by atoms with Gasteiger partial charge in [-0.1, -0.05) is 27.2 Å². The van der Waals surface area contributed by atoms with E-state index in [4.69, 9.17) is 0 Å². The molecule has 0 fully saturated rings. The summed E-state index contributed by atoms with van der Waals surface area (Å²) < 4.78 is 0. The Morgan fingerprint density at radius 1 is 1.44 bits per heavy atom. The molecule has 0 amide bonds. The van der Waals surface area contributed by atoms with Crippen molar-refractivity contribution in [1.29, 1.82) is 0 Å². The molecule has 0 atom stereocenters. The molecular weight excluding hydrogens is 198 g/mol. The molecule has 0 aromatic heterocycles. The fourth-order valence-electron chi connectivity index (χ4n) is 2.29. The maximum absolute atomic E-state index is 11.0. The lowest BCUT2D eigenvalue weighted by Crippen LogP contribution is -2.31. The standard InChI is InChI=1S/C14H25NO/c1-4-6-14-13(11-16)7-5-9-15(14)10-8-12(2)3/h11-12H,4-10H2,1-3H3. The van der Waals surface area contributed by atoms with Gasteiger partial charge in [-0.15, -0.1) is 0 Å². The van der Waals surface area contributed by atoms with Crippen molar-refractivity contribution in [2.24, 2.45) is 5.92 Å². The first kappa shape index (κ1) is 13.3. The predicted octanol–water partition coefficient (Wildman–Crippen LogP) is 3.38. The third-order valence-corrected chi connectivity index (χ3v) is 3.23. The van der Waals surface area contributed by atoms with E-state index in [1.807, 2.05) is 0 Å². The number of hydrogen-bond donors (Lipinski definition) is 0. The van der Waals surface area contributed by atoms with E-state index in [0.717, 1.165) is 56.5 Å². The highest BCUT2D eigenvalue weighted by Gasteiger charge is 2.18. The van der Waals surface area contributed by atoms with Crippen LogP contribution in [0.2, 0.25) is 0 Å². The van der Waals surface area contributed by atoms with E-state index in [1.54, 1.807) is 0 Å². The molecule has 0 aliphatic carbocycles. The van der Waals surface area contributed by atoms with Crippen LogP contribution in [-0.2, 0) is 4.79 Å². The molecule has 0 spiro atoms. The number of nitrogens with zero attached hydrogens (tertiary/aromatic N) is 1. The van der Waals surface area contributed by atoms with Crippen LogP contribution in [0.3, 0.4) is 0 Å². The first-order chi connectivity index (χ1) is 7.69. The van der Waals surface area contributed by atoms with Crippen LogP contribution >= 0.6 is 0 Å². The SMILES string of the molecule is CCCC1=C(C=O)CCCN1CCC(C)C. The van der Waals surface area contributed by atoms with Crippen molar-refractivity contribution in [3.05, 3.63) is 11.3 Å². The minimum Gasteiger partial charge on any atom is -0.374 e. The minimum atomic E-state index is 0.740. The predicted molar refractivity (Wildman–Crippen MR) is 68.3 cm³/mol. The molecule has 0 radical (unpaired) electrons. The van der Waals surface area contributed by atoms with Gasteiger partial charge in [-0.05, 0) is 31.6 Å². The van der Waals surface area contributed by atoms with E-state index in [1.165, 1.54) is 12.1 Å². The van der Waals surface area contributed by atoms with Gasteiger partial charge in [0.05, 0.1) is 0 Å². The second kappa shape index (κ2) is 6.72. The van der Waals surface area contributed by atoms with Crippen LogP contribution in [-0.4, -0.2) is 24.3 Å². The van der Waals surface area contributed by atoms with E-state index >= 15 is 0 Å². The van der Waals surface area contributed by atoms with E-state index in [2.05, 4.69) is 25.7 Å². The molecule has 0 aromatic carbocycles. The number of carbonyl (C=O) groups excluding carboxylic acids is 1. The van der Waals surface area contributed by atoms with Gasteiger partial charge in [0.2, 0.25) is 0 Å². The molecule has 2 heteroatoms. The highest BCUT2D eigenvalue weighted by atomic mass is 16.1. The summed E-state index contributed by atoms with van der Waals surface area (Å²) in [5, 5.41) is 0. The molecule has 0 saturated heterocycles. The zero-order valence-corrected chi connectivity index (χ0v) is 11.0. The summed E-state index contributed by atoms with van der Waals surface area (Å²) in [4.78, 5) is 13.5. The lowest BCUT2D eigenvalue weighted by atomic mass is 9.99. The summed E-state index contributed by atoms with van der Waals surface area (Å²) in [6, 6.07) is 0. The highest BCUT2D eigenvalue weighted by molar-refractivity contribution is 5.74. The smallest absolute Gasteiger partial charge is 0.147 e. The van der Waals surface area contributed by atoms with Crippen molar-refractivity contribution in [2.75, 3.05) is 13.1 Å². The van der Waals surface area contributed by atoms with Crippen LogP contribution in [0.15, 0.2) is 11.3 Å². The van der Waals surface area contributed by atoms with Gasteiger partial charge >= 0.3 is 0 Å². The molecule has 1 aliphatic heterocycles. The molecule has 16 heavy (non-hydrogen) atoms. The Kier molecular flexibility index (Phi) is 5.58. The molecule has 1 rings (SSSR count). The Bertz CT molecular complexity index is 255. The summed E-state index contributed by atoms with van der Waals surface area (Å²) in [7, 11) is 0. The van der Waals surface area contributed by atoms with Gasteiger partial charge in [0.1, 0.15) is 6.29 Å². The molecule has 0 N–H and O–H groups in total. The van der Waals surface area contributed by atoms with Crippen LogP contribution in [0.25, 0.3) is 0 Å². The first-order valence-electron chi connectivity index (χ1n) is 6.61. The normalized spacial score (nSPS) is 17.1. The summed E-state index contributed by atoms with van der Waals surface area (Å²) in [5.41, 5.74) is 2.38. The zero-order valence-electron chi connectivity index (χ0n) is 11.0. The molecule has 2 nitrogen and oxygen atoms in total. The maximum atomic E-state index is 11.0. The number of aldehydes is 1. The summed E-state index contributed by atoms with van der Waals surface area (Å²) in [6.45, 7) is 8.95. The fourth-order valence-corrected chi connectivity index (χ4v) is 2.29. The second-order valence-electron chi connectivity index (χ2n) is 5.11. The zero-order chi connectivity index (χ0) is 12.0. The lowest BCUT2D eigenvalue weighted by molar-refractivity contribution is -0.105. The van der Waals surface area contributed by atoms with Gasteiger partial charge in [-0.25, -0.2) is 0 Å². The fraction of sp³-hybridized carbons (Fsp3) is 0.786. The van der Waals surface area contributed by atoms with Crippen molar-refractivity contribution in [3.8, 4) is 0 Å². The number of rotatable bonds is 6. The van der Waals surface area contributed by atoms with E-state index in [9.17, 15) is 4.79 Å². The van der Waals surface area contributed by atoms with Crippen LogP contribution in [0, 0.1) is 5.92 Å². The first-order valence-corrected chi connectivity index (χ1v) is 6.61. The van der Waals surface area contributed by atoms with Gasteiger partial charge in [0.15, 0.2) is 0 Å². The van der Waals surface area contributed by atoms with Gasteiger partial charge in [0.25, 0.3) is 0 Å². The Morgan fingerprint density at radius 2 is 2.19 bits per heavy atom. The minimum absolute atomic E-state index is 0.740. The Morgan fingerprint density at radius 3 is 2.75 bits per heavy atom. The highest BCUT2D eigenvalue weighted by Crippen LogP contribution is 2.25. The van der Waals surface area contributed by atoms with Crippen molar-refractivity contribution in [1.82, 2.24) is 4.90 Å². The van der Waals surface area contributed by atoms with E-state index in [-0.39, 0.29) is 0 Å². The molecule has 0 bridgehead atoms. The third kappa shape index (κ3) is 3.66. The molecule has 0 unspecified atom stereocenters. The Balaban J connectivity index is 2.69. The average molecular weight is 223 g/mol. The van der Waals surface area contributed by atoms with Gasteiger partial charge in [-0.2, -0.15) is 0 Å². The topological polar surface area (TPSA) is 20.3 Å². The number of hydrogen-bond acceptors (Lipinski definition) is 2. The molecule has 1 heterocycles. The van der Waals surface area contributed by atoms with Gasteiger partial charge < -0.3 is 4.90 Å². The molecule has 92 valence electrons. The number of allylic oxidation sites excluding steroid dienone is 2. The maximum Gasteiger partial charge on any atom is 0.147 e. The Labute approximate surface area is 99.7 Å². The summed E-state index contributed by atoms with van der Waals surface area (Å²) in [5.74, 6) is 0.740. The summed E-state index contributed by atoms with van der Waals surface area (Å²) >= 11 is 0. The van der Waals surface area contributed by atoms with Crippen molar-refractivity contribution >= 4 is 6.29 Å².